The average molecular weight is 315 g/mol. The Morgan fingerprint density at radius 1 is 1.23 bits per heavy atom. The summed E-state index contributed by atoms with van der Waals surface area (Å²) in [5.41, 5.74) is -0.431. The molecule has 1 N–H and O–H groups in total. The maximum Gasteiger partial charge on any atom is 0.389 e. The molecule has 0 aliphatic carbocycles. The minimum atomic E-state index is -4.44. The van der Waals surface area contributed by atoms with E-state index in [0.29, 0.717) is 19.6 Å². The predicted molar refractivity (Wildman–Crippen MR) is 76.1 cm³/mol. The largest absolute Gasteiger partial charge is 0.389 e. The smallest absolute Gasteiger partial charge is 0.389 e. The highest BCUT2D eigenvalue weighted by atomic mass is 19.4. The van der Waals surface area contributed by atoms with E-state index in [4.69, 9.17) is 0 Å². The lowest BCUT2D eigenvalue weighted by Gasteiger charge is -2.41. The number of piperidine rings is 1. The molecule has 1 heterocycles. The fourth-order valence-electron chi connectivity index (χ4n) is 2.92. The standard InChI is InChI=1S/C16H20F3NO2/c17-16(18,19)10-14(12-21)15(22)6-8-20(9-7-15)11-13-4-2-1-3-5-13/h1-5,12,14,22H,6-11H2. The van der Waals surface area contributed by atoms with Crippen molar-refractivity contribution in [1.29, 1.82) is 0 Å². The van der Waals surface area contributed by atoms with Crippen molar-refractivity contribution in [2.45, 2.75) is 37.6 Å². The Hall–Kier alpha value is -1.40. The first-order valence-corrected chi connectivity index (χ1v) is 7.33. The van der Waals surface area contributed by atoms with Gasteiger partial charge in [0.25, 0.3) is 0 Å². The summed E-state index contributed by atoms with van der Waals surface area (Å²) >= 11 is 0. The number of carbonyl (C=O) groups excluding carboxylic acids is 1. The minimum absolute atomic E-state index is 0.180. The quantitative estimate of drug-likeness (QED) is 0.850. The van der Waals surface area contributed by atoms with Gasteiger partial charge in [-0.15, -0.1) is 0 Å². The van der Waals surface area contributed by atoms with Gasteiger partial charge in [-0.1, -0.05) is 30.3 Å². The molecular weight excluding hydrogens is 295 g/mol. The number of rotatable bonds is 5. The van der Waals surface area contributed by atoms with Gasteiger partial charge in [0.2, 0.25) is 0 Å². The molecule has 1 saturated heterocycles. The third-order valence-electron chi connectivity index (χ3n) is 4.28. The summed E-state index contributed by atoms with van der Waals surface area (Å²) in [4.78, 5) is 13.1. The fraction of sp³-hybridized carbons (Fsp3) is 0.562. The molecule has 2 rings (SSSR count). The van der Waals surface area contributed by atoms with Crippen molar-refractivity contribution in [1.82, 2.24) is 4.90 Å². The van der Waals surface area contributed by atoms with Gasteiger partial charge in [-0.05, 0) is 18.4 Å². The second kappa shape index (κ2) is 6.79. The van der Waals surface area contributed by atoms with Crippen LogP contribution in [0.2, 0.25) is 0 Å². The van der Waals surface area contributed by atoms with E-state index in [1.807, 2.05) is 30.3 Å². The molecule has 1 unspecified atom stereocenters. The number of aldehydes is 1. The second-order valence-electron chi connectivity index (χ2n) is 5.93. The monoisotopic (exact) mass is 315 g/mol. The van der Waals surface area contributed by atoms with E-state index in [-0.39, 0.29) is 19.1 Å². The number of hydrogen-bond acceptors (Lipinski definition) is 3. The first-order valence-electron chi connectivity index (χ1n) is 7.33. The van der Waals surface area contributed by atoms with Crippen LogP contribution in [0.5, 0.6) is 0 Å². The van der Waals surface area contributed by atoms with Gasteiger partial charge in [0, 0.05) is 19.6 Å². The first kappa shape index (κ1) is 17.0. The van der Waals surface area contributed by atoms with Crippen LogP contribution in [0.4, 0.5) is 13.2 Å². The summed E-state index contributed by atoms with van der Waals surface area (Å²) in [5.74, 6) is -1.38. The lowest BCUT2D eigenvalue weighted by molar-refractivity contribution is -0.173. The molecule has 0 radical (unpaired) electrons. The Bertz CT molecular complexity index is 482. The molecule has 1 fully saturated rings. The molecule has 1 atom stereocenters. The molecule has 1 aliphatic heterocycles. The van der Waals surface area contributed by atoms with Gasteiger partial charge < -0.3 is 9.90 Å². The zero-order chi connectivity index (χ0) is 16.2. The Morgan fingerprint density at radius 3 is 2.32 bits per heavy atom. The van der Waals surface area contributed by atoms with Crippen LogP contribution < -0.4 is 0 Å². The molecule has 0 amide bonds. The number of benzene rings is 1. The molecule has 6 heteroatoms. The van der Waals surface area contributed by atoms with E-state index in [1.165, 1.54) is 0 Å². The Kier molecular flexibility index (Phi) is 5.24. The van der Waals surface area contributed by atoms with Crippen LogP contribution in [0, 0.1) is 5.92 Å². The molecular formula is C16H20F3NO2. The van der Waals surface area contributed by atoms with Crippen LogP contribution >= 0.6 is 0 Å². The number of likely N-dealkylation sites (tertiary alicyclic amines) is 1. The maximum absolute atomic E-state index is 12.5. The first-order chi connectivity index (χ1) is 10.3. The molecule has 1 aromatic rings. The normalized spacial score (nSPS) is 20.5. The van der Waals surface area contributed by atoms with Gasteiger partial charge in [-0.25, -0.2) is 0 Å². The molecule has 22 heavy (non-hydrogen) atoms. The topological polar surface area (TPSA) is 40.5 Å². The van der Waals surface area contributed by atoms with Crippen LogP contribution in [0.15, 0.2) is 30.3 Å². The number of halogens is 3. The van der Waals surface area contributed by atoms with Gasteiger partial charge in [-0.2, -0.15) is 13.2 Å². The maximum atomic E-state index is 12.5. The number of nitrogens with zero attached hydrogens (tertiary/aromatic N) is 1. The van der Waals surface area contributed by atoms with Gasteiger partial charge in [0.1, 0.15) is 6.29 Å². The Morgan fingerprint density at radius 2 is 1.82 bits per heavy atom. The van der Waals surface area contributed by atoms with Gasteiger partial charge in [-0.3, -0.25) is 4.90 Å². The number of carbonyl (C=O) groups is 1. The molecule has 0 bridgehead atoms. The summed E-state index contributed by atoms with van der Waals surface area (Å²) in [6.07, 6.45) is -5.09. The second-order valence-corrected chi connectivity index (χ2v) is 5.93. The lowest BCUT2D eigenvalue weighted by atomic mass is 9.78. The summed E-state index contributed by atoms with van der Waals surface area (Å²) in [7, 11) is 0. The number of alkyl halides is 3. The van der Waals surface area contributed by atoms with Gasteiger partial charge in [0.15, 0.2) is 0 Å². The third kappa shape index (κ3) is 4.55. The summed E-state index contributed by atoms with van der Waals surface area (Å²) < 4.78 is 37.5. The van der Waals surface area contributed by atoms with Crippen LogP contribution in [-0.2, 0) is 11.3 Å². The number of hydrogen-bond donors (Lipinski definition) is 1. The fourth-order valence-corrected chi connectivity index (χ4v) is 2.92. The Labute approximate surface area is 127 Å². The summed E-state index contributed by atoms with van der Waals surface area (Å²) in [6, 6.07) is 9.75. The Balaban J connectivity index is 1.93. The van der Waals surface area contributed by atoms with Crippen LogP contribution in [0.1, 0.15) is 24.8 Å². The lowest BCUT2D eigenvalue weighted by Crippen LogP contribution is -2.50. The van der Waals surface area contributed by atoms with E-state index < -0.39 is 24.1 Å². The summed E-state index contributed by atoms with van der Waals surface area (Å²) in [6.45, 7) is 1.66. The van der Waals surface area contributed by atoms with E-state index in [1.54, 1.807) is 0 Å². The number of aliphatic hydroxyl groups is 1. The SMILES string of the molecule is O=CC(CC(F)(F)F)C1(O)CCN(Cc2ccccc2)CC1. The molecule has 122 valence electrons. The van der Waals surface area contributed by atoms with Crippen LogP contribution in [-0.4, -0.2) is 41.2 Å². The minimum Gasteiger partial charge on any atom is -0.389 e. The van der Waals surface area contributed by atoms with Crippen molar-refractivity contribution >= 4 is 6.29 Å². The van der Waals surface area contributed by atoms with Crippen molar-refractivity contribution in [3.05, 3.63) is 35.9 Å². The van der Waals surface area contributed by atoms with E-state index in [2.05, 4.69) is 4.90 Å². The average Bonchev–Trinajstić information content (AvgIpc) is 2.47. The molecule has 0 saturated carbocycles. The van der Waals surface area contributed by atoms with E-state index in [9.17, 15) is 23.1 Å². The molecule has 3 nitrogen and oxygen atoms in total. The van der Waals surface area contributed by atoms with Crippen molar-refractivity contribution < 1.29 is 23.1 Å². The van der Waals surface area contributed by atoms with E-state index >= 15 is 0 Å². The van der Waals surface area contributed by atoms with Crippen molar-refractivity contribution in [3.8, 4) is 0 Å². The van der Waals surface area contributed by atoms with Crippen molar-refractivity contribution in [3.63, 3.8) is 0 Å². The van der Waals surface area contributed by atoms with Crippen LogP contribution in [0.3, 0.4) is 0 Å². The molecule has 1 aromatic carbocycles. The highest BCUT2D eigenvalue weighted by Crippen LogP contribution is 2.36. The van der Waals surface area contributed by atoms with Crippen molar-refractivity contribution in [2.24, 2.45) is 5.92 Å². The molecule has 0 aromatic heterocycles. The highest BCUT2D eigenvalue weighted by molar-refractivity contribution is 5.56. The zero-order valence-corrected chi connectivity index (χ0v) is 12.2. The molecule has 0 spiro atoms. The molecule has 1 aliphatic rings. The highest BCUT2D eigenvalue weighted by Gasteiger charge is 2.45. The van der Waals surface area contributed by atoms with Crippen LogP contribution in [0.25, 0.3) is 0 Å². The summed E-state index contributed by atoms with van der Waals surface area (Å²) in [5, 5.41) is 10.4. The van der Waals surface area contributed by atoms with Gasteiger partial charge in [0.05, 0.1) is 17.9 Å². The van der Waals surface area contributed by atoms with E-state index in [0.717, 1.165) is 5.56 Å². The van der Waals surface area contributed by atoms with Crippen molar-refractivity contribution in [2.75, 3.05) is 13.1 Å². The predicted octanol–water partition coefficient (Wildman–Crippen LogP) is 2.78. The third-order valence-corrected chi connectivity index (χ3v) is 4.28. The zero-order valence-electron chi connectivity index (χ0n) is 12.2. The van der Waals surface area contributed by atoms with Gasteiger partial charge >= 0.3 is 6.18 Å².